The molecular weight excluding hydrogens is 364 g/mol. The van der Waals surface area contributed by atoms with Gasteiger partial charge < -0.3 is 24.4 Å². The first-order valence-electron chi connectivity index (χ1n) is 8.81. The standard InChI is InChI=1S/C20H24N2O4S/c1-4-26-15-10-8-14(9-11-15)21-20(23)22-12-13-27-19(22)16-6-5-7-17(24-2)18(16)25-3/h5-11,19H,4,12-13H2,1-3H3,(H,21,23). The van der Waals surface area contributed by atoms with E-state index in [4.69, 9.17) is 14.2 Å². The minimum atomic E-state index is -0.140. The topological polar surface area (TPSA) is 60.0 Å². The lowest BCUT2D eigenvalue weighted by atomic mass is 10.1. The van der Waals surface area contributed by atoms with Crippen LogP contribution in [-0.2, 0) is 0 Å². The van der Waals surface area contributed by atoms with Crippen molar-refractivity contribution in [3.63, 3.8) is 0 Å². The van der Waals surface area contributed by atoms with Crippen molar-refractivity contribution in [1.29, 1.82) is 0 Å². The predicted octanol–water partition coefficient (Wildman–Crippen LogP) is 4.38. The van der Waals surface area contributed by atoms with Gasteiger partial charge in [-0.15, -0.1) is 11.8 Å². The molecule has 3 rings (SSSR count). The first-order chi connectivity index (χ1) is 13.2. The molecule has 1 aliphatic rings. The lowest BCUT2D eigenvalue weighted by Crippen LogP contribution is -2.34. The van der Waals surface area contributed by atoms with Gasteiger partial charge in [0.1, 0.15) is 11.1 Å². The fourth-order valence-corrected chi connectivity index (χ4v) is 4.31. The van der Waals surface area contributed by atoms with Gasteiger partial charge in [-0.1, -0.05) is 12.1 Å². The van der Waals surface area contributed by atoms with E-state index in [-0.39, 0.29) is 11.4 Å². The van der Waals surface area contributed by atoms with E-state index in [9.17, 15) is 4.79 Å². The third-order valence-corrected chi connectivity index (χ3v) is 5.51. The van der Waals surface area contributed by atoms with Crippen LogP contribution in [0.1, 0.15) is 17.9 Å². The minimum absolute atomic E-state index is 0.127. The number of thioether (sulfide) groups is 1. The zero-order valence-corrected chi connectivity index (χ0v) is 16.5. The lowest BCUT2D eigenvalue weighted by Gasteiger charge is -2.26. The SMILES string of the molecule is CCOc1ccc(NC(=O)N2CCSC2c2cccc(OC)c2OC)cc1. The minimum Gasteiger partial charge on any atom is -0.494 e. The second-order valence-electron chi connectivity index (χ2n) is 5.89. The number of nitrogens with one attached hydrogen (secondary N) is 1. The average Bonchev–Trinajstić information content (AvgIpc) is 3.18. The number of carbonyl (C=O) groups is 1. The Hall–Kier alpha value is -2.54. The Morgan fingerprint density at radius 2 is 1.96 bits per heavy atom. The number of urea groups is 1. The molecule has 1 unspecified atom stereocenters. The van der Waals surface area contributed by atoms with E-state index in [2.05, 4.69) is 5.32 Å². The highest BCUT2D eigenvalue weighted by Gasteiger charge is 2.33. The molecule has 27 heavy (non-hydrogen) atoms. The highest BCUT2D eigenvalue weighted by Crippen LogP contribution is 2.45. The van der Waals surface area contributed by atoms with Gasteiger partial charge in [0, 0.05) is 23.5 Å². The molecule has 2 aromatic rings. The number of benzene rings is 2. The molecule has 0 saturated carbocycles. The molecular formula is C20H24N2O4S. The van der Waals surface area contributed by atoms with Crippen LogP contribution >= 0.6 is 11.8 Å². The maximum absolute atomic E-state index is 12.9. The highest BCUT2D eigenvalue weighted by atomic mass is 32.2. The number of para-hydroxylation sites is 1. The molecule has 0 aliphatic carbocycles. The maximum Gasteiger partial charge on any atom is 0.323 e. The van der Waals surface area contributed by atoms with Gasteiger partial charge in [0.15, 0.2) is 11.5 Å². The normalized spacial score (nSPS) is 16.1. The summed E-state index contributed by atoms with van der Waals surface area (Å²) >= 11 is 1.71. The van der Waals surface area contributed by atoms with Gasteiger partial charge in [0.2, 0.25) is 0 Å². The van der Waals surface area contributed by atoms with Crippen LogP contribution < -0.4 is 19.5 Å². The largest absolute Gasteiger partial charge is 0.494 e. The number of nitrogens with zero attached hydrogens (tertiary/aromatic N) is 1. The summed E-state index contributed by atoms with van der Waals surface area (Å²) in [5, 5.41) is 2.84. The van der Waals surface area contributed by atoms with Crippen molar-refractivity contribution in [2.45, 2.75) is 12.3 Å². The quantitative estimate of drug-likeness (QED) is 0.796. The molecule has 0 aromatic heterocycles. The summed E-state index contributed by atoms with van der Waals surface area (Å²) in [6.45, 7) is 3.22. The van der Waals surface area contributed by atoms with Crippen LogP contribution in [0, 0.1) is 0 Å². The van der Waals surface area contributed by atoms with Crippen LogP contribution in [0.15, 0.2) is 42.5 Å². The fraction of sp³-hybridized carbons (Fsp3) is 0.350. The Kier molecular flexibility index (Phi) is 6.34. The zero-order chi connectivity index (χ0) is 19.2. The van der Waals surface area contributed by atoms with E-state index in [1.54, 1.807) is 26.0 Å². The molecule has 7 heteroatoms. The van der Waals surface area contributed by atoms with Crippen molar-refractivity contribution in [3.8, 4) is 17.2 Å². The van der Waals surface area contributed by atoms with E-state index in [1.165, 1.54) is 0 Å². The van der Waals surface area contributed by atoms with Crippen molar-refractivity contribution in [2.75, 3.05) is 38.4 Å². The maximum atomic E-state index is 12.9. The predicted molar refractivity (Wildman–Crippen MR) is 108 cm³/mol. The van der Waals surface area contributed by atoms with E-state index in [0.717, 1.165) is 22.8 Å². The number of ether oxygens (including phenoxy) is 3. The van der Waals surface area contributed by atoms with Crippen LogP contribution in [0.4, 0.5) is 10.5 Å². The van der Waals surface area contributed by atoms with Gasteiger partial charge in [-0.3, -0.25) is 0 Å². The monoisotopic (exact) mass is 388 g/mol. The lowest BCUT2D eigenvalue weighted by molar-refractivity contribution is 0.213. The average molecular weight is 388 g/mol. The Bertz CT molecular complexity index is 782. The molecule has 0 bridgehead atoms. The van der Waals surface area contributed by atoms with Crippen molar-refractivity contribution >= 4 is 23.5 Å². The Balaban J connectivity index is 1.77. The molecule has 1 atom stereocenters. The first-order valence-corrected chi connectivity index (χ1v) is 9.85. The Labute approximate surface area is 163 Å². The first kappa shape index (κ1) is 19.2. The second-order valence-corrected chi connectivity index (χ2v) is 7.07. The number of hydrogen-bond donors (Lipinski definition) is 1. The number of carbonyl (C=O) groups excluding carboxylic acids is 1. The molecule has 6 nitrogen and oxygen atoms in total. The molecule has 1 fully saturated rings. The van der Waals surface area contributed by atoms with Crippen LogP contribution in [0.3, 0.4) is 0 Å². The molecule has 1 aliphatic heterocycles. The molecule has 144 valence electrons. The van der Waals surface area contributed by atoms with E-state index >= 15 is 0 Å². The smallest absolute Gasteiger partial charge is 0.323 e. The highest BCUT2D eigenvalue weighted by molar-refractivity contribution is 7.99. The van der Waals surface area contributed by atoms with Gasteiger partial charge in [0.25, 0.3) is 0 Å². The van der Waals surface area contributed by atoms with Gasteiger partial charge in [-0.05, 0) is 37.3 Å². The second kappa shape index (κ2) is 8.90. The van der Waals surface area contributed by atoms with Crippen LogP contribution in [0.25, 0.3) is 0 Å². The van der Waals surface area contributed by atoms with Gasteiger partial charge >= 0.3 is 6.03 Å². The van der Waals surface area contributed by atoms with Crippen molar-refractivity contribution in [2.24, 2.45) is 0 Å². The fourth-order valence-electron chi connectivity index (χ4n) is 3.04. The summed E-state index contributed by atoms with van der Waals surface area (Å²) in [6, 6.07) is 13.0. The van der Waals surface area contributed by atoms with Gasteiger partial charge in [-0.2, -0.15) is 0 Å². The van der Waals surface area contributed by atoms with E-state index in [0.29, 0.717) is 24.7 Å². The summed E-state index contributed by atoms with van der Waals surface area (Å²) in [5.41, 5.74) is 1.66. The van der Waals surface area contributed by atoms with Crippen LogP contribution in [0.2, 0.25) is 0 Å². The van der Waals surface area contributed by atoms with Crippen molar-refractivity contribution < 1.29 is 19.0 Å². The molecule has 1 saturated heterocycles. The summed E-state index contributed by atoms with van der Waals surface area (Å²) in [7, 11) is 3.23. The molecule has 0 radical (unpaired) electrons. The van der Waals surface area contributed by atoms with E-state index in [1.807, 2.05) is 54.3 Å². The van der Waals surface area contributed by atoms with Crippen molar-refractivity contribution in [3.05, 3.63) is 48.0 Å². The summed E-state index contributed by atoms with van der Waals surface area (Å²) < 4.78 is 16.4. The van der Waals surface area contributed by atoms with Crippen LogP contribution in [0.5, 0.6) is 17.2 Å². The number of anilines is 1. The molecule has 0 spiro atoms. The third-order valence-electron chi connectivity index (χ3n) is 4.27. The third kappa shape index (κ3) is 4.24. The number of methoxy groups -OCH3 is 2. The van der Waals surface area contributed by atoms with Gasteiger partial charge in [-0.25, -0.2) is 4.79 Å². The zero-order valence-electron chi connectivity index (χ0n) is 15.7. The molecule has 1 N–H and O–H groups in total. The number of hydrogen-bond acceptors (Lipinski definition) is 5. The number of rotatable bonds is 6. The summed E-state index contributed by atoms with van der Waals surface area (Å²) in [4.78, 5) is 14.7. The summed E-state index contributed by atoms with van der Waals surface area (Å²) in [5.74, 6) is 2.97. The Morgan fingerprint density at radius 3 is 2.63 bits per heavy atom. The molecule has 1 heterocycles. The molecule has 2 aromatic carbocycles. The number of amides is 2. The van der Waals surface area contributed by atoms with E-state index < -0.39 is 0 Å². The molecule has 2 amide bonds. The van der Waals surface area contributed by atoms with Crippen LogP contribution in [-0.4, -0.2) is 44.1 Å². The Morgan fingerprint density at radius 1 is 1.19 bits per heavy atom. The van der Waals surface area contributed by atoms with Gasteiger partial charge in [0.05, 0.1) is 20.8 Å². The summed E-state index contributed by atoms with van der Waals surface area (Å²) in [6.07, 6.45) is 0. The van der Waals surface area contributed by atoms with Crippen molar-refractivity contribution in [1.82, 2.24) is 4.90 Å².